The molecule has 1 N–H and O–H groups in total. The number of hydrogen-bond acceptors (Lipinski definition) is 5. The molecule has 1 aliphatic heterocycles. The zero-order chi connectivity index (χ0) is 20.1. The summed E-state index contributed by atoms with van der Waals surface area (Å²) >= 11 is 0. The van der Waals surface area contributed by atoms with E-state index in [-0.39, 0.29) is 47.9 Å². The minimum absolute atomic E-state index is 0. The van der Waals surface area contributed by atoms with Crippen molar-refractivity contribution < 1.29 is 13.7 Å². The minimum Gasteiger partial charge on any atom is -0.367 e. The standard InChI is InChI=1S/C20H28FN5O2.HI/c1-13(2)19-24-18(28-25-19)9-10-23-20(22-4)26-11-14(3)27-17(12-26)15-5-7-16(21)8-6-15;/h5-8,13-14,17H,9-12H2,1-4H3,(H,22,23);1H. The molecule has 9 heteroatoms. The molecule has 0 radical (unpaired) electrons. The molecule has 1 saturated heterocycles. The van der Waals surface area contributed by atoms with Crippen LogP contribution in [0, 0.1) is 5.82 Å². The third kappa shape index (κ3) is 6.36. The van der Waals surface area contributed by atoms with Crippen molar-refractivity contribution in [2.24, 2.45) is 4.99 Å². The van der Waals surface area contributed by atoms with E-state index in [0.29, 0.717) is 25.4 Å². The SMILES string of the molecule is CN=C(NCCc1nc(C(C)C)no1)N1CC(C)OC(c2ccc(F)cc2)C1.I. The van der Waals surface area contributed by atoms with Gasteiger partial charge in [-0.05, 0) is 24.6 Å². The number of nitrogens with one attached hydrogen (secondary N) is 1. The van der Waals surface area contributed by atoms with Crippen molar-refractivity contribution in [2.75, 3.05) is 26.7 Å². The van der Waals surface area contributed by atoms with Gasteiger partial charge in [0.1, 0.15) is 11.9 Å². The Morgan fingerprint density at radius 2 is 2.03 bits per heavy atom. The number of halogens is 2. The number of morpholine rings is 1. The second-order valence-electron chi connectivity index (χ2n) is 7.32. The Kier molecular flexibility index (Phi) is 8.81. The average molecular weight is 517 g/mol. The first-order valence-corrected chi connectivity index (χ1v) is 9.65. The van der Waals surface area contributed by atoms with Gasteiger partial charge in [-0.2, -0.15) is 4.98 Å². The number of aliphatic imine (C=N–C) groups is 1. The molecule has 0 saturated carbocycles. The minimum atomic E-state index is -0.247. The van der Waals surface area contributed by atoms with E-state index in [1.807, 2.05) is 20.8 Å². The Bertz CT molecular complexity index is 796. The van der Waals surface area contributed by atoms with E-state index in [4.69, 9.17) is 9.26 Å². The number of aromatic nitrogens is 2. The fourth-order valence-electron chi connectivity index (χ4n) is 3.20. The van der Waals surface area contributed by atoms with Crippen molar-refractivity contribution in [1.29, 1.82) is 0 Å². The van der Waals surface area contributed by atoms with Crippen LogP contribution in [0.4, 0.5) is 4.39 Å². The molecule has 0 spiro atoms. The number of hydrogen-bond donors (Lipinski definition) is 1. The molecule has 0 aliphatic carbocycles. The summed E-state index contributed by atoms with van der Waals surface area (Å²) in [5.74, 6) is 2.14. The first kappa shape index (κ1) is 23.5. The fourth-order valence-corrected chi connectivity index (χ4v) is 3.20. The summed E-state index contributed by atoms with van der Waals surface area (Å²) in [7, 11) is 1.76. The highest BCUT2D eigenvalue weighted by atomic mass is 127. The van der Waals surface area contributed by atoms with Gasteiger partial charge in [0, 0.05) is 32.5 Å². The second kappa shape index (κ2) is 10.9. The lowest BCUT2D eigenvalue weighted by Gasteiger charge is -2.38. The quantitative estimate of drug-likeness (QED) is 0.372. The Morgan fingerprint density at radius 1 is 1.31 bits per heavy atom. The van der Waals surface area contributed by atoms with Crippen LogP contribution in [0.5, 0.6) is 0 Å². The lowest BCUT2D eigenvalue weighted by molar-refractivity contribution is -0.0605. The summed E-state index contributed by atoms with van der Waals surface area (Å²) in [4.78, 5) is 11.0. The summed E-state index contributed by atoms with van der Waals surface area (Å²) in [5, 5.41) is 7.35. The molecule has 3 rings (SSSR count). The molecule has 29 heavy (non-hydrogen) atoms. The zero-order valence-electron chi connectivity index (χ0n) is 17.3. The van der Waals surface area contributed by atoms with Crippen LogP contribution in [0.2, 0.25) is 0 Å². The predicted octanol–water partition coefficient (Wildman–Crippen LogP) is 3.53. The topological polar surface area (TPSA) is 75.8 Å². The fraction of sp³-hybridized carbons (Fsp3) is 0.550. The van der Waals surface area contributed by atoms with E-state index in [1.165, 1.54) is 12.1 Å². The van der Waals surface area contributed by atoms with Crippen molar-refractivity contribution >= 4 is 29.9 Å². The summed E-state index contributed by atoms with van der Waals surface area (Å²) in [6.07, 6.45) is 0.527. The van der Waals surface area contributed by atoms with Crippen LogP contribution in [0.25, 0.3) is 0 Å². The summed E-state index contributed by atoms with van der Waals surface area (Å²) in [6.45, 7) is 8.11. The van der Waals surface area contributed by atoms with Crippen LogP contribution >= 0.6 is 24.0 Å². The molecule has 1 aromatic carbocycles. The Hall–Kier alpha value is -1.75. The van der Waals surface area contributed by atoms with Crippen molar-refractivity contribution in [1.82, 2.24) is 20.4 Å². The highest BCUT2D eigenvalue weighted by Gasteiger charge is 2.28. The Balaban J connectivity index is 0.00000300. The largest absolute Gasteiger partial charge is 0.367 e. The van der Waals surface area contributed by atoms with E-state index < -0.39 is 0 Å². The molecule has 2 aromatic rings. The number of ether oxygens (including phenoxy) is 1. The predicted molar refractivity (Wildman–Crippen MR) is 120 cm³/mol. The summed E-state index contributed by atoms with van der Waals surface area (Å²) < 4.78 is 24.6. The monoisotopic (exact) mass is 517 g/mol. The van der Waals surface area contributed by atoms with Crippen LogP contribution in [-0.2, 0) is 11.2 Å². The Morgan fingerprint density at radius 3 is 2.66 bits per heavy atom. The second-order valence-corrected chi connectivity index (χ2v) is 7.32. The summed E-state index contributed by atoms with van der Waals surface area (Å²) in [6, 6.07) is 6.47. The van der Waals surface area contributed by atoms with E-state index >= 15 is 0 Å². The average Bonchev–Trinajstić information content (AvgIpc) is 3.14. The van der Waals surface area contributed by atoms with Gasteiger partial charge in [-0.15, -0.1) is 24.0 Å². The van der Waals surface area contributed by atoms with E-state index in [1.54, 1.807) is 19.2 Å². The van der Waals surface area contributed by atoms with Crippen LogP contribution in [-0.4, -0.2) is 53.8 Å². The van der Waals surface area contributed by atoms with Crippen LogP contribution in [0.15, 0.2) is 33.8 Å². The van der Waals surface area contributed by atoms with Gasteiger partial charge in [0.05, 0.1) is 12.6 Å². The summed E-state index contributed by atoms with van der Waals surface area (Å²) in [5.41, 5.74) is 0.959. The zero-order valence-corrected chi connectivity index (χ0v) is 19.6. The highest BCUT2D eigenvalue weighted by Crippen LogP contribution is 2.25. The molecular weight excluding hydrogens is 488 g/mol. The molecular formula is C20H29FIN5O2. The number of benzene rings is 1. The first-order valence-electron chi connectivity index (χ1n) is 9.65. The molecule has 2 unspecified atom stereocenters. The number of nitrogens with zero attached hydrogens (tertiary/aromatic N) is 4. The molecule has 160 valence electrons. The maximum atomic E-state index is 13.2. The third-order valence-corrected chi connectivity index (χ3v) is 4.64. The molecule has 0 amide bonds. The van der Waals surface area contributed by atoms with Crippen molar-refractivity contribution in [2.45, 2.75) is 45.3 Å². The van der Waals surface area contributed by atoms with E-state index in [0.717, 1.165) is 23.9 Å². The third-order valence-electron chi connectivity index (χ3n) is 4.64. The van der Waals surface area contributed by atoms with Gasteiger partial charge in [0.25, 0.3) is 0 Å². The molecule has 2 heterocycles. The lowest BCUT2D eigenvalue weighted by atomic mass is 10.1. The van der Waals surface area contributed by atoms with Crippen molar-refractivity contribution in [3.05, 3.63) is 47.4 Å². The van der Waals surface area contributed by atoms with E-state index in [2.05, 4.69) is 25.3 Å². The van der Waals surface area contributed by atoms with Crippen LogP contribution in [0.1, 0.15) is 50.1 Å². The van der Waals surface area contributed by atoms with Gasteiger partial charge >= 0.3 is 0 Å². The molecule has 1 fully saturated rings. The van der Waals surface area contributed by atoms with Crippen LogP contribution in [0.3, 0.4) is 0 Å². The number of rotatable bonds is 5. The van der Waals surface area contributed by atoms with Crippen molar-refractivity contribution in [3.8, 4) is 0 Å². The first-order chi connectivity index (χ1) is 13.5. The normalized spacial score (nSPS) is 19.9. The van der Waals surface area contributed by atoms with Gasteiger partial charge in [0.2, 0.25) is 5.89 Å². The van der Waals surface area contributed by atoms with Gasteiger partial charge in [0.15, 0.2) is 11.8 Å². The molecule has 1 aromatic heterocycles. The molecule has 0 bridgehead atoms. The maximum absolute atomic E-state index is 13.2. The van der Waals surface area contributed by atoms with Gasteiger partial charge in [-0.3, -0.25) is 4.99 Å². The smallest absolute Gasteiger partial charge is 0.228 e. The highest BCUT2D eigenvalue weighted by molar-refractivity contribution is 14.0. The lowest BCUT2D eigenvalue weighted by Crippen LogP contribution is -2.51. The van der Waals surface area contributed by atoms with Crippen molar-refractivity contribution in [3.63, 3.8) is 0 Å². The number of guanidine groups is 1. The van der Waals surface area contributed by atoms with Crippen LogP contribution < -0.4 is 5.32 Å². The molecule has 7 nitrogen and oxygen atoms in total. The van der Waals surface area contributed by atoms with Gasteiger partial charge < -0.3 is 19.5 Å². The molecule has 2 atom stereocenters. The van der Waals surface area contributed by atoms with E-state index in [9.17, 15) is 4.39 Å². The maximum Gasteiger partial charge on any atom is 0.228 e. The Labute approximate surface area is 188 Å². The molecule has 1 aliphatic rings. The van der Waals surface area contributed by atoms with Gasteiger partial charge in [-0.1, -0.05) is 31.1 Å². The van der Waals surface area contributed by atoms with Gasteiger partial charge in [-0.25, -0.2) is 4.39 Å².